The molecule has 0 aliphatic carbocycles. The number of nitro groups is 1. The Bertz CT molecular complexity index is 340. The van der Waals surface area contributed by atoms with Crippen LogP contribution in [0.1, 0.15) is 0 Å². The number of hydrogen-bond donors (Lipinski definition) is 2. The average molecular weight is 198 g/mol. The molecule has 0 saturated heterocycles. The van der Waals surface area contributed by atoms with Crippen molar-refractivity contribution < 1.29 is 14.8 Å². The third-order valence-electron chi connectivity index (χ3n) is 1.56. The second kappa shape index (κ2) is 4.43. The van der Waals surface area contributed by atoms with E-state index in [-0.39, 0.29) is 24.7 Å². The van der Waals surface area contributed by atoms with E-state index in [0.29, 0.717) is 5.69 Å². The van der Waals surface area contributed by atoms with Gasteiger partial charge in [-0.1, -0.05) is 0 Å². The van der Waals surface area contributed by atoms with E-state index in [1.807, 2.05) is 0 Å². The van der Waals surface area contributed by atoms with Gasteiger partial charge >= 0.3 is 0 Å². The number of hydrogen-bond acceptors (Lipinski definition) is 5. The van der Waals surface area contributed by atoms with Crippen LogP contribution in [0.2, 0.25) is 0 Å². The molecule has 0 aromatic heterocycles. The molecule has 6 nitrogen and oxygen atoms in total. The number of benzene rings is 1. The molecule has 0 saturated carbocycles. The number of aliphatic hydroxyl groups is 1. The monoisotopic (exact) mass is 198 g/mol. The summed E-state index contributed by atoms with van der Waals surface area (Å²) in [6.07, 6.45) is 0. The molecule has 1 aromatic rings. The molecule has 3 N–H and O–H groups in total. The third-order valence-corrected chi connectivity index (χ3v) is 1.56. The maximum atomic E-state index is 10.4. The van der Waals surface area contributed by atoms with Crippen molar-refractivity contribution in [2.24, 2.45) is 0 Å². The van der Waals surface area contributed by atoms with Gasteiger partial charge in [-0.15, -0.1) is 0 Å². The Balaban J connectivity index is 2.90. The van der Waals surface area contributed by atoms with Crippen molar-refractivity contribution in [1.82, 2.24) is 0 Å². The molecule has 0 spiro atoms. The highest BCUT2D eigenvalue weighted by Gasteiger charge is 2.09. The number of aliphatic hydroxyl groups excluding tert-OH is 1. The lowest BCUT2D eigenvalue weighted by Crippen LogP contribution is -2.04. The Kier molecular flexibility index (Phi) is 3.24. The SMILES string of the molecule is Nc1ccc([N+](=O)[O-])cc1OCCO. The van der Waals surface area contributed by atoms with Gasteiger partial charge in [0, 0.05) is 6.07 Å². The summed E-state index contributed by atoms with van der Waals surface area (Å²) in [4.78, 5) is 9.86. The van der Waals surface area contributed by atoms with Gasteiger partial charge in [-0.05, 0) is 6.07 Å². The lowest BCUT2D eigenvalue weighted by Gasteiger charge is -2.06. The minimum absolute atomic E-state index is 0.0609. The van der Waals surface area contributed by atoms with Crippen LogP contribution < -0.4 is 10.5 Å². The van der Waals surface area contributed by atoms with Gasteiger partial charge in [0.2, 0.25) is 0 Å². The van der Waals surface area contributed by atoms with Crippen LogP contribution in [0.5, 0.6) is 5.75 Å². The Morgan fingerprint density at radius 1 is 1.57 bits per heavy atom. The molecule has 0 atom stereocenters. The van der Waals surface area contributed by atoms with Crippen molar-refractivity contribution >= 4 is 11.4 Å². The minimum Gasteiger partial charge on any atom is -0.489 e. The lowest BCUT2D eigenvalue weighted by atomic mass is 10.2. The molecule has 1 aromatic carbocycles. The molecule has 0 bridgehead atoms. The Hall–Kier alpha value is -1.82. The van der Waals surface area contributed by atoms with Gasteiger partial charge < -0.3 is 15.6 Å². The molecule has 0 aliphatic heterocycles. The van der Waals surface area contributed by atoms with Crippen molar-refractivity contribution in [3.05, 3.63) is 28.3 Å². The molecule has 0 aliphatic rings. The van der Waals surface area contributed by atoms with Gasteiger partial charge in [0.25, 0.3) is 5.69 Å². The molecule has 0 unspecified atom stereocenters. The molecule has 76 valence electrons. The van der Waals surface area contributed by atoms with Crippen LogP contribution in [-0.4, -0.2) is 23.2 Å². The van der Waals surface area contributed by atoms with Gasteiger partial charge in [0.05, 0.1) is 23.3 Å². The van der Waals surface area contributed by atoms with E-state index in [0.717, 1.165) is 0 Å². The van der Waals surface area contributed by atoms with Gasteiger partial charge in [-0.3, -0.25) is 10.1 Å². The van der Waals surface area contributed by atoms with Crippen LogP contribution in [-0.2, 0) is 0 Å². The summed E-state index contributed by atoms with van der Waals surface area (Å²) in [6, 6.07) is 3.91. The van der Waals surface area contributed by atoms with E-state index in [1.54, 1.807) is 0 Å². The second-order valence-corrected chi connectivity index (χ2v) is 2.55. The number of nitrogen functional groups attached to an aromatic ring is 1. The zero-order valence-electron chi connectivity index (χ0n) is 7.34. The lowest BCUT2D eigenvalue weighted by molar-refractivity contribution is -0.384. The predicted octanol–water partition coefficient (Wildman–Crippen LogP) is 0.548. The van der Waals surface area contributed by atoms with Gasteiger partial charge in [0.15, 0.2) is 0 Å². The molecular formula is C8H10N2O4. The fourth-order valence-electron chi connectivity index (χ4n) is 0.917. The number of anilines is 1. The van der Waals surface area contributed by atoms with Crippen LogP contribution in [0, 0.1) is 10.1 Å². The first-order chi connectivity index (χ1) is 6.65. The highest BCUT2D eigenvalue weighted by atomic mass is 16.6. The van der Waals surface area contributed by atoms with Crippen LogP contribution in [0.3, 0.4) is 0 Å². The molecule has 6 heteroatoms. The van der Waals surface area contributed by atoms with E-state index < -0.39 is 4.92 Å². The van der Waals surface area contributed by atoms with Gasteiger partial charge in [-0.2, -0.15) is 0 Å². The summed E-state index contributed by atoms with van der Waals surface area (Å²) in [7, 11) is 0. The maximum Gasteiger partial charge on any atom is 0.273 e. The Morgan fingerprint density at radius 3 is 2.86 bits per heavy atom. The molecule has 0 radical (unpaired) electrons. The smallest absolute Gasteiger partial charge is 0.273 e. The standard InChI is InChI=1S/C8H10N2O4/c9-7-2-1-6(10(12)13)5-8(7)14-4-3-11/h1-2,5,11H,3-4,9H2. The summed E-state index contributed by atoms with van der Waals surface area (Å²) in [6.45, 7) is -0.104. The number of nitro benzene ring substituents is 1. The Morgan fingerprint density at radius 2 is 2.29 bits per heavy atom. The summed E-state index contributed by atoms with van der Waals surface area (Å²) >= 11 is 0. The van der Waals surface area contributed by atoms with Crippen LogP contribution in [0.25, 0.3) is 0 Å². The van der Waals surface area contributed by atoms with Gasteiger partial charge in [-0.25, -0.2) is 0 Å². The fraction of sp³-hybridized carbons (Fsp3) is 0.250. The average Bonchev–Trinajstić information content (AvgIpc) is 2.16. The zero-order valence-corrected chi connectivity index (χ0v) is 7.34. The third kappa shape index (κ3) is 2.33. The second-order valence-electron chi connectivity index (χ2n) is 2.55. The van der Waals surface area contributed by atoms with E-state index in [4.69, 9.17) is 15.6 Å². The first-order valence-corrected chi connectivity index (χ1v) is 3.92. The van der Waals surface area contributed by atoms with Crippen LogP contribution in [0.15, 0.2) is 18.2 Å². The topological polar surface area (TPSA) is 98.6 Å². The van der Waals surface area contributed by atoms with Crippen molar-refractivity contribution in [3.8, 4) is 5.75 Å². The molecule has 1 rings (SSSR count). The maximum absolute atomic E-state index is 10.4. The number of rotatable bonds is 4. The largest absolute Gasteiger partial charge is 0.489 e. The molecule has 0 fully saturated rings. The number of nitrogens with zero attached hydrogens (tertiary/aromatic N) is 1. The van der Waals surface area contributed by atoms with Crippen molar-refractivity contribution in [3.63, 3.8) is 0 Å². The number of non-ortho nitro benzene ring substituents is 1. The Labute approximate surface area is 80.1 Å². The summed E-state index contributed by atoms with van der Waals surface area (Å²) in [5, 5.41) is 18.9. The summed E-state index contributed by atoms with van der Waals surface area (Å²) in [5.74, 6) is 0.216. The zero-order chi connectivity index (χ0) is 10.6. The fourth-order valence-corrected chi connectivity index (χ4v) is 0.917. The number of ether oxygens (including phenoxy) is 1. The van der Waals surface area contributed by atoms with Crippen LogP contribution >= 0.6 is 0 Å². The van der Waals surface area contributed by atoms with Crippen molar-refractivity contribution in [1.29, 1.82) is 0 Å². The molecule has 14 heavy (non-hydrogen) atoms. The van der Waals surface area contributed by atoms with E-state index in [2.05, 4.69) is 0 Å². The molecule has 0 heterocycles. The predicted molar refractivity (Wildman–Crippen MR) is 50.1 cm³/mol. The van der Waals surface area contributed by atoms with Crippen molar-refractivity contribution in [2.75, 3.05) is 18.9 Å². The van der Waals surface area contributed by atoms with Crippen LogP contribution in [0.4, 0.5) is 11.4 Å². The van der Waals surface area contributed by atoms with E-state index in [9.17, 15) is 10.1 Å². The minimum atomic E-state index is -0.536. The normalized spacial score (nSPS) is 9.79. The molecular weight excluding hydrogens is 188 g/mol. The van der Waals surface area contributed by atoms with E-state index >= 15 is 0 Å². The summed E-state index contributed by atoms with van der Waals surface area (Å²) in [5.41, 5.74) is 5.72. The molecule has 0 amide bonds. The van der Waals surface area contributed by atoms with Crippen molar-refractivity contribution in [2.45, 2.75) is 0 Å². The van der Waals surface area contributed by atoms with Gasteiger partial charge in [0.1, 0.15) is 12.4 Å². The first-order valence-electron chi connectivity index (χ1n) is 3.92. The quantitative estimate of drug-likeness (QED) is 0.418. The highest BCUT2D eigenvalue weighted by Crippen LogP contribution is 2.26. The highest BCUT2D eigenvalue weighted by molar-refractivity contribution is 5.57. The first kappa shape index (κ1) is 10.3. The summed E-state index contributed by atoms with van der Waals surface area (Å²) < 4.78 is 5.00. The number of nitrogens with two attached hydrogens (primary N) is 1. The van der Waals surface area contributed by atoms with E-state index in [1.165, 1.54) is 18.2 Å².